The van der Waals surface area contributed by atoms with Crippen molar-refractivity contribution in [2.24, 2.45) is 0 Å². The van der Waals surface area contributed by atoms with Crippen LogP contribution in [0.3, 0.4) is 0 Å². The number of nitrogens with zero attached hydrogens (tertiary/aromatic N) is 1. The van der Waals surface area contributed by atoms with Gasteiger partial charge < -0.3 is 9.64 Å². The van der Waals surface area contributed by atoms with Gasteiger partial charge in [0, 0.05) is 41.5 Å². The summed E-state index contributed by atoms with van der Waals surface area (Å²) in [5.41, 5.74) is 8.24. The van der Waals surface area contributed by atoms with E-state index in [4.69, 9.17) is 4.74 Å². The summed E-state index contributed by atoms with van der Waals surface area (Å²) in [4.78, 5) is 7.88. The van der Waals surface area contributed by atoms with E-state index in [1.807, 2.05) is 23.5 Å². The lowest BCUT2D eigenvalue weighted by molar-refractivity contribution is 0.419. The molecule has 0 atom stereocenters. The Balaban J connectivity index is 1.34. The molecule has 0 fully saturated rings. The van der Waals surface area contributed by atoms with Crippen LogP contribution >= 0.6 is 23.5 Å². The first-order valence-electron chi connectivity index (χ1n) is 17.1. The minimum Gasteiger partial charge on any atom is -0.455 e. The fraction of sp³-hybridized carbons (Fsp3) is 0.182. The van der Waals surface area contributed by atoms with Crippen molar-refractivity contribution in [3.05, 3.63) is 150 Å². The monoisotopic (exact) mass is 689 g/mol. The van der Waals surface area contributed by atoms with Gasteiger partial charge in [-0.25, -0.2) is 0 Å². The quantitative estimate of drug-likeness (QED) is 0.171. The lowest BCUT2D eigenvalue weighted by atomic mass is 9.75. The average molecular weight is 690 g/mol. The van der Waals surface area contributed by atoms with E-state index in [1.54, 1.807) is 0 Å². The molecular weight excluding hydrogens is 651 g/mol. The van der Waals surface area contributed by atoms with Gasteiger partial charge in [0.2, 0.25) is 0 Å². The average Bonchev–Trinajstić information content (AvgIpc) is 3.09. The van der Waals surface area contributed by atoms with Crippen molar-refractivity contribution in [2.45, 2.75) is 71.2 Å². The Kier molecular flexibility index (Phi) is 6.88. The molecular formula is C44H39NOS2Si. The number of hydrogen-bond acceptors (Lipinski definition) is 4. The molecule has 3 aliphatic rings. The predicted octanol–water partition coefficient (Wildman–Crippen LogP) is 11.7. The number of para-hydroxylation sites is 2. The van der Waals surface area contributed by atoms with Crippen molar-refractivity contribution in [1.29, 1.82) is 0 Å². The van der Waals surface area contributed by atoms with Gasteiger partial charge >= 0.3 is 0 Å². The van der Waals surface area contributed by atoms with Crippen molar-refractivity contribution in [3.63, 3.8) is 0 Å². The van der Waals surface area contributed by atoms with Crippen molar-refractivity contribution >= 4 is 59.0 Å². The van der Waals surface area contributed by atoms with Crippen LogP contribution in [0.4, 0.5) is 17.1 Å². The van der Waals surface area contributed by atoms with Gasteiger partial charge in [-0.05, 0) is 57.9 Å². The second-order valence-electron chi connectivity index (χ2n) is 15.0. The van der Waals surface area contributed by atoms with Crippen LogP contribution in [-0.2, 0) is 10.8 Å². The summed E-state index contributed by atoms with van der Waals surface area (Å²) in [6, 6.07) is 47.1. The molecule has 0 amide bonds. The summed E-state index contributed by atoms with van der Waals surface area (Å²) < 4.78 is 7.00. The Morgan fingerprint density at radius 1 is 0.490 bits per heavy atom. The molecule has 6 aromatic carbocycles. The molecule has 242 valence electrons. The zero-order valence-electron chi connectivity index (χ0n) is 28.8. The summed E-state index contributed by atoms with van der Waals surface area (Å²) in [6.45, 7) is 14.4. The summed E-state index contributed by atoms with van der Waals surface area (Å²) >= 11 is 3.83. The highest BCUT2D eigenvalue weighted by molar-refractivity contribution is 8.00. The Morgan fingerprint density at radius 2 is 1.02 bits per heavy atom. The first kappa shape index (κ1) is 30.9. The molecule has 0 saturated heterocycles. The zero-order chi connectivity index (χ0) is 33.7. The van der Waals surface area contributed by atoms with Crippen LogP contribution < -0.4 is 20.0 Å². The summed E-state index contributed by atoms with van der Waals surface area (Å²) in [5, 5.41) is 3.00. The first-order chi connectivity index (χ1) is 23.6. The van der Waals surface area contributed by atoms with E-state index >= 15 is 0 Å². The lowest BCUT2D eigenvalue weighted by Gasteiger charge is -2.41. The van der Waals surface area contributed by atoms with Crippen molar-refractivity contribution in [1.82, 2.24) is 0 Å². The molecule has 0 N–H and O–H groups in total. The van der Waals surface area contributed by atoms with E-state index in [1.165, 1.54) is 63.6 Å². The Morgan fingerprint density at radius 3 is 1.82 bits per heavy atom. The summed E-state index contributed by atoms with van der Waals surface area (Å²) in [7, 11) is -1.99. The SMILES string of the molecule is CC1(C)c2ccccc2Oc2c(N(c3cccc4c3Sc3ccccc3C4(C)C)c3cccc4c3Sc3ccccc3[Si]4(C)C)cccc21. The smallest absolute Gasteiger partial charge is 0.155 e. The third kappa shape index (κ3) is 4.48. The molecule has 6 aromatic rings. The second-order valence-corrected chi connectivity index (χ2v) is 21.4. The highest BCUT2D eigenvalue weighted by Crippen LogP contribution is 2.58. The standard InChI is InChI=1S/C44H39NOS2Si/c1-43(2)28-16-7-9-23-35(28)46-40-30(43)18-13-20-32(40)45(33-21-14-19-31-41(33)47-36-24-10-8-17-29(36)44(31,3)4)34-22-15-27-39-42(34)48-37-25-11-12-26-38(37)49(39,5)6/h7-27H,1-6H3. The number of ether oxygens (including phenoxy) is 1. The molecule has 9 rings (SSSR count). The Hall–Kier alpha value is -4.16. The molecule has 0 radical (unpaired) electrons. The molecule has 49 heavy (non-hydrogen) atoms. The Bertz CT molecular complexity index is 2060. The summed E-state index contributed by atoms with van der Waals surface area (Å²) in [6.07, 6.45) is 0. The maximum Gasteiger partial charge on any atom is 0.155 e. The number of rotatable bonds is 3. The van der Waals surface area contributed by atoms with E-state index in [0.29, 0.717) is 0 Å². The third-order valence-electron chi connectivity index (χ3n) is 11.0. The van der Waals surface area contributed by atoms with E-state index in [0.717, 1.165) is 17.2 Å². The highest BCUT2D eigenvalue weighted by atomic mass is 32.2. The predicted molar refractivity (Wildman–Crippen MR) is 210 cm³/mol. The molecule has 0 saturated carbocycles. The van der Waals surface area contributed by atoms with Crippen LogP contribution in [0, 0.1) is 0 Å². The van der Waals surface area contributed by atoms with Gasteiger partial charge in [-0.2, -0.15) is 0 Å². The van der Waals surface area contributed by atoms with Crippen LogP contribution in [0.25, 0.3) is 0 Å². The molecule has 0 aromatic heterocycles. The number of anilines is 3. The van der Waals surface area contributed by atoms with E-state index in [2.05, 4.69) is 173 Å². The normalized spacial score (nSPS) is 16.9. The van der Waals surface area contributed by atoms with Crippen LogP contribution in [0.15, 0.2) is 147 Å². The van der Waals surface area contributed by atoms with Gasteiger partial charge in [-0.15, -0.1) is 0 Å². The largest absolute Gasteiger partial charge is 0.455 e. The molecule has 2 nitrogen and oxygen atoms in total. The molecule has 3 aliphatic heterocycles. The van der Waals surface area contributed by atoms with E-state index < -0.39 is 8.07 Å². The van der Waals surface area contributed by atoms with Crippen LogP contribution in [0.5, 0.6) is 11.5 Å². The number of hydrogen-bond donors (Lipinski definition) is 0. The molecule has 5 heteroatoms. The topological polar surface area (TPSA) is 12.5 Å². The summed E-state index contributed by atoms with van der Waals surface area (Å²) in [5.74, 6) is 1.86. The number of fused-ring (bicyclic) bond motifs is 6. The maximum atomic E-state index is 7.00. The van der Waals surface area contributed by atoms with Crippen LogP contribution in [-0.4, -0.2) is 8.07 Å². The van der Waals surface area contributed by atoms with Gasteiger partial charge in [0.05, 0.1) is 17.1 Å². The van der Waals surface area contributed by atoms with Gasteiger partial charge in [0.25, 0.3) is 0 Å². The van der Waals surface area contributed by atoms with Crippen LogP contribution in [0.2, 0.25) is 13.1 Å². The molecule has 0 aliphatic carbocycles. The van der Waals surface area contributed by atoms with E-state index in [9.17, 15) is 0 Å². The number of benzene rings is 6. The lowest BCUT2D eigenvalue weighted by Crippen LogP contribution is -2.56. The van der Waals surface area contributed by atoms with Crippen molar-refractivity contribution in [3.8, 4) is 11.5 Å². The van der Waals surface area contributed by atoms with Gasteiger partial charge in [-0.3, -0.25) is 0 Å². The highest BCUT2D eigenvalue weighted by Gasteiger charge is 2.41. The van der Waals surface area contributed by atoms with Gasteiger partial charge in [0.1, 0.15) is 13.8 Å². The van der Waals surface area contributed by atoms with Crippen LogP contribution in [0.1, 0.15) is 49.9 Å². The fourth-order valence-electron chi connectivity index (χ4n) is 8.27. The minimum absolute atomic E-state index is 0.148. The second kappa shape index (κ2) is 10.9. The third-order valence-corrected chi connectivity index (χ3v) is 17.4. The fourth-order valence-corrected chi connectivity index (χ4v) is 15.3. The van der Waals surface area contributed by atoms with Gasteiger partial charge in [-0.1, -0.05) is 155 Å². The zero-order valence-corrected chi connectivity index (χ0v) is 31.4. The molecule has 3 heterocycles. The molecule has 0 bridgehead atoms. The maximum absolute atomic E-state index is 7.00. The first-order valence-corrected chi connectivity index (χ1v) is 21.7. The Labute approximate surface area is 299 Å². The molecule has 0 unspecified atom stereocenters. The van der Waals surface area contributed by atoms with E-state index in [-0.39, 0.29) is 10.8 Å². The minimum atomic E-state index is -1.99. The van der Waals surface area contributed by atoms with Crippen molar-refractivity contribution < 1.29 is 4.74 Å². The van der Waals surface area contributed by atoms with Gasteiger partial charge in [0.15, 0.2) is 5.75 Å². The molecule has 0 spiro atoms. The van der Waals surface area contributed by atoms with Crippen molar-refractivity contribution in [2.75, 3.05) is 4.90 Å².